The number of alkyl halides is 1. The Bertz CT molecular complexity index is 21.2. The van der Waals surface area contributed by atoms with Gasteiger partial charge in [0.2, 0.25) is 0 Å². The van der Waals surface area contributed by atoms with Gasteiger partial charge < -0.3 is 0 Å². The first kappa shape index (κ1) is 4.53. The van der Waals surface area contributed by atoms with Crippen molar-refractivity contribution < 1.29 is 0 Å². The first-order chi connectivity index (χ1) is 1.91. The Kier molecular flexibility index (Phi) is 4.00. The van der Waals surface area contributed by atoms with Crippen LogP contribution in [0.4, 0.5) is 0 Å². The van der Waals surface area contributed by atoms with Gasteiger partial charge in [-0.3, -0.25) is 3.15 Å². The molecular weight excluding hydrogens is 165 g/mol. The van der Waals surface area contributed by atoms with Crippen LogP contribution in [0.3, 0.4) is 0 Å². The fourth-order valence-electron chi connectivity index (χ4n) is 0. The second-order valence-corrected chi connectivity index (χ2v) is 2.27. The van der Waals surface area contributed by atoms with Crippen LogP contribution in [0.25, 0.3) is 0 Å². The van der Waals surface area contributed by atoms with Gasteiger partial charge in [0.05, 0.1) is 0 Å². The summed E-state index contributed by atoms with van der Waals surface area (Å²) in [6.45, 7) is 0. The van der Waals surface area contributed by atoms with Crippen molar-refractivity contribution in [3.63, 3.8) is 0 Å². The standard InChI is InChI=1S/C2H6IN/c1-3-4-2/h1-2H3. The van der Waals surface area contributed by atoms with Crippen molar-refractivity contribution in [3.05, 3.63) is 0 Å². The van der Waals surface area contributed by atoms with Crippen LogP contribution in [0, 0.1) is 0 Å². The molecule has 0 radical (unpaired) electrons. The van der Waals surface area contributed by atoms with Crippen LogP contribution in [-0.4, -0.2) is 12.0 Å². The average Bonchev–Trinajstić information content (AvgIpc) is 1.37. The predicted molar refractivity (Wildman–Crippen MR) is 28.3 cm³/mol. The molecule has 0 aromatic rings. The molecule has 0 fully saturated rings. The third-order valence-electron chi connectivity index (χ3n) is 0.169. The van der Waals surface area contributed by atoms with Crippen molar-refractivity contribution in [2.75, 3.05) is 12.0 Å². The zero-order valence-electron chi connectivity index (χ0n) is 2.83. The van der Waals surface area contributed by atoms with Crippen LogP contribution in [0.2, 0.25) is 0 Å². The monoisotopic (exact) mass is 171 g/mol. The smallest absolute Gasteiger partial charge is 0.0332 e. The predicted octanol–water partition coefficient (Wildman–Crippen LogP) is 1.40. The summed E-state index contributed by atoms with van der Waals surface area (Å²) < 4.78 is 3.85. The number of nitrogens with zero attached hydrogens (tertiary/aromatic N) is 1. The van der Waals surface area contributed by atoms with Gasteiger partial charge in [0.1, 0.15) is 0 Å². The minimum Gasteiger partial charge on any atom is -0.267 e. The third-order valence-corrected chi connectivity index (χ3v) is 1.13. The molecule has 0 aromatic carbocycles. The van der Waals surface area contributed by atoms with E-state index >= 15 is 0 Å². The van der Waals surface area contributed by atoms with Crippen molar-refractivity contribution >= 4 is 21.0 Å². The highest BCUT2D eigenvalue weighted by atomic mass is 127. The quantitative estimate of drug-likeness (QED) is 0.385. The molecule has 2 heteroatoms. The van der Waals surface area contributed by atoms with Crippen molar-refractivity contribution in [2.24, 2.45) is 3.15 Å². The lowest BCUT2D eigenvalue weighted by atomic mass is 11.6. The van der Waals surface area contributed by atoms with Gasteiger partial charge in [0, 0.05) is 7.05 Å². The summed E-state index contributed by atoms with van der Waals surface area (Å²) in [6.07, 6.45) is 0. The summed E-state index contributed by atoms with van der Waals surface area (Å²) in [7, 11) is 1.85. The van der Waals surface area contributed by atoms with Gasteiger partial charge in [-0.2, -0.15) is 0 Å². The molecule has 0 bridgehead atoms. The normalized spacial score (nSPS) is 11.5. The lowest BCUT2D eigenvalue weighted by molar-refractivity contribution is 1.55. The maximum Gasteiger partial charge on any atom is 0.0332 e. The van der Waals surface area contributed by atoms with Gasteiger partial charge in [0.25, 0.3) is 0 Å². The van der Waals surface area contributed by atoms with E-state index in [0.717, 1.165) is 0 Å². The highest BCUT2D eigenvalue weighted by molar-refractivity contribution is 14.2. The van der Waals surface area contributed by atoms with Crippen LogP contribution in [0.15, 0.2) is 3.15 Å². The highest BCUT2D eigenvalue weighted by Gasteiger charge is 1.34. The van der Waals surface area contributed by atoms with Crippen LogP contribution in [0.5, 0.6) is 0 Å². The molecule has 0 aliphatic carbocycles. The van der Waals surface area contributed by atoms with E-state index < -0.39 is 0 Å². The first-order valence-corrected chi connectivity index (χ1v) is 4.12. The van der Waals surface area contributed by atoms with Crippen LogP contribution >= 0.6 is 21.0 Å². The molecule has 0 N–H and O–H groups in total. The Labute approximate surface area is 36.6 Å². The van der Waals surface area contributed by atoms with Crippen molar-refractivity contribution in [1.82, 2.24) is 0 Å². The van der Waals surface area contributed by atoms with Crippen molar-refractivity contribution in [2.45, 2.75) is 0 Å². The lowest BCUT2D eigenvalue weighted by Gasteiger charge is -1.51. The largest absolute Gasteiger partial charge is 0.267 e. The first-order valence-electron chi connectivity index (χ1n) is 0.994. The second-order valence-electron chi connectivity index (χ2n) is 0.338. The van der Waals surface area contributed by atoms with Crippen LogP contribution in [-0.2, 0) is 0 Å². The SMILES string of the molecule is C/N=I/C. The topological polar surface area (TPSA) is 12.4 Å². The van der Waals surface area contributed by atoms with E-state index in [0.29, 0.717) is 0 Å². The summed E-state index contributed by atoms with van der Waals surface area (Å²) in [5, 5.41) is 0. The van der Waals surface area contributed by atoms with Gasteiger partial charge in [-0.05, 0) is 26.0 Å². The number of hydrogen-bond donors (Lipinski definition) is 0. The van der Waals surface area contributed by atoms with E-state index in [9.17, 15) is 0 Å². The second kappa shape index (κ2) is 3.53. The summed E-state index contributed by atoms with van der Waals surface area (Å²) in [5.74, 6) is 0. The third kappa shape index (κ3) is 2.53. The lowest BCUT2D eigenvalue weighted by Crippen LogP contribution is -1.23. The molecule has 0 atom stereocenters. The van der Waals surface area contributed by atoms with E-state index in [1.54, 1.807) is 0 Å². The molecule has 26 valence electrons. The maximum absolute atomic E-state index is 3.85. The summed E-state index contributed by atoms with van der Waals surface area (Å²) >= 11 is 0.236. The zero-order valence-corrected chi connectivity index (χ0v) is 4.98. The van der Waals surface area contributed by atoms with Crippen molar-refractivity contribution in [1.29, 1.82) is 0 Å². The fraction of sp³-hybridized carbons (Fsp3) is 1.00. The van der Waals surface area contributed by atoms with Gasteiger partial charge >= 0.3 is 0 Å². The molecular formula is C2H6IN. The molecule has 0 aliphatic heterocycles. The van der Waals surface area contributed by atoms with Crippen LogP contribution in [0.1, 0.15) is 0 Å². The van der Waals surface area contributed by atoms with E-state index in [4.69, 9.17) is 0 Å². The van der Waals surface area contributed by atoms with Gasteiger partial charge in [-0.15, -0.1) is 0 Å². The van der Waals surface area contributed by atoms with Crippen molar-refractivity contribution in [3.8, 4) is 0 Å². The van der Waals surface area contributed by atoms with E-state index in [1.807, 2.05) is 7.05 Å². The molecule has 0 heterocycles. The molecule has 0 spiro atoms. The number of hydrogen-bond acceptors (Lipinski definition) is 1. The minimum absolute atomic E-state index is 0.236. The molecule has 0 aromatic heterocycles. The van der Waals surface area contributed by atoms with E-state index in [-0.39, 0.29) is 21.0 Å². The Morgan fingerprint density at radius 2 is 2.00 bits per heavy atom. The number of rotatable bonds is 0. The molecule has 0 rings (SSSR count). The van der Waals surface area contributed by atoms with E-state index in [1.165, 1.54) is 0 Å². The molecule has 4 heavy (non-hydrogen) atoms. The van der Waals surface area contributed by atoms with Gasteiger partial charge in [0.15, 0.2) is 0 Å². The Balaban J connectivity index is 2.55. The molecule has 0 amide bonds. The van der Waals surface area contributed by atoms with Gasteiger partial charge in [-0.25, -0.2) is 0 Å². The minimum atomic E-state index is 0.236. The molecule has 0 saturated carbocycles. The summed E-state index contributed by atoms with van der Waals surface area (Å²) in [6, 6.07) is 0. The highest BCUT2D eigenvalue weighted by Crippen LogP contribution is 1.82. The maximum atomic E-state index is 3.85. The summed E-state index contributed by atoms with van der Waals surface area (Å²) in [4.78, 5) is 2.12. The molecule has 0 saturated heterocycles. The number of halogens is 1. The fourth-order valence-corrected chi connectivity index (χ4v) is 0. The zero-order chi connectivity index (χ0) is 3.41. The Hall–Kier alpha value is 0.530. The Morgan fingerprint density at radius 1 is 1.75 bits per heavy atom. The molecule has 0 aliphatic rings. The van der Waals surface area contributed by atoms with Crippen LogP contribution < -0.4 is 0 Å². The molecule has 0 unspecified atom stereocenters. The summed E-state index contributed by atoms with van der Waals surface area (Å²) in [5.41, 5.74) is 0. The molecule has 1 nitrogen and oxygen atoms in total. The van der Waals surface area contributed by atoms with Gasteiger partial charge in [-0.1, -0.05) is 0 Å². The van der Waals surface area contributed by atoms with E-state index in [2.05, 4.69) is 8.08 Å². The average molecular weight is 171 g/mol. The Morgan fingerprint density at radius 3 is 2.00 bits per heavy atom.